The van der Waals surface area contributed by atoms with Gasteiger partial charge >= 0.3 is 0 Å². The lowest BCUT2D eigenvalue weighted by molar-refractivity contribution is 0.297. The largest absolute Gasteiger partial charge is 0.493 e. The van der Waals surface area contributed by atoms with Gasteiger partial charge in [0.05, 0.1) is 13.7 Å². The van der Waals surface area contributed by atoms with E-state index in [2.05, 4.69) is 31.2 Å². The highest BCUT2D eigenvalue weighted by Crippen LogP contribution is 2.25. The van der Waals surface area contributed by atoms with Crippen LogP contribution in [0.15, 0.2) is 48.5 Å². The van der Waals surface area contributed by atoms with Crippen LogP contribution < -0.4 is 9.47 Å². The third kappa shape index (κ3) is 3.27. The molecule has 0 saturated heterocycles. The van der Waals surface area contributed by atoms with Crippen LogP contribution in [-0.4, -0.2) is 13.7 Å². The molecule has 0 bridgehead atoms. The van der Waals surface area contributed by atoms with Crippen LogP contribution >= 0.6 is 0 Å². The van der Waals surface area contributed by atoms with E-state index in [0.29, 0.717) is 6.61 Å². The molecule has 0 saturated carbocycles. The normalized spacial score (nSPS) is 10.1. The summed E-state index contributed by atoms with van der Waals surface area (Å²) in [6, 6.07) is 16.2. The predicted octanol–water partition coefficient (Wildman–Crippen LogP) is 3.63. The topological polar surface area (TPSA) is 18.5 Å². The summed E-state index contributed by atoms with van der Waals surface area (Å²) in [5.74, 6) is 1.58. The lowest BCUT2D eigenvalue weighted by Gasteiger charge is -2.10. The second-order valence-electron chi connectivity index (χ2n) is 4.24. The smallest absolute Gasteiger partial charge is 0.161 e. The van der Waals surface area contributed by atoms with Gasteiger partial charge in [-0.2, -0.15) is 0 Å². The molecule has 2 aromatic rings. The minimum absolute atomic E-state index is 0.657. The van der Waals surface area contributed by atoms with Crippen molar-refractivity contribution in [2.45, 2.75) is 13.3 Å². The highest BCUT2D eigenvalue weighted by molar-refractivity contribution is 5.39. The molecule has 0 amide bonds. The summed E-state index contributed by atoms with van der Waals surface area (Å²) in [6.07, 6.45) is 0.903. The predicted molar refractivity (Wildman–Crippen MR) is 73.4 cm³/mol. The van der Waals surface area contributed by atoms with E-state index in [0.717, 1.165) is 17.9 Å². The van der Waals surface area contributed by atoms with Gasteiger partial charge in [0, 0.05) is 6.42 Å². The fraction of sp³-hybridized carbons (Fsp3) is 0.250. The van der Waals surface area contributed by atoms with Gasteiger partial charge in [0.25, 0.3) is 0 Å². The van der Waals surface area contributed by atoms with Crippen molar-refractivity contribution in [2.75, 3.05) is 13.7 Å². The molecule has 2 heteroatoms. The summed E-state index contributed by atoms with van der Waals surface area (Å²) < 4.78 is 11.0. The Balaban J connectivity index is 1.92. The maximum Gasteiger partial charge on any atom is 0.161 e. The summed E-state index contributed by atoms with van der Waals surface area (Å²) in [4.78, 5) is 0. The first-order valence-corrected chi connectivity index (χ1v) is 6.11. The first kappa shape index (κ1) is 12.5. The van der Waals surface area contributed by atoms with Crippen LogP contribution in [-0.2, 0) is 6.42 Å². The van der Waals surface area contributed by atoms with Crippen molar-refractivity contribution >= 4 is 0 Å². The van der Waals surface area contributed by atoms with E-state index in [1.165, 1.54) is 11.1 Å². The van der Waals surface area contributed by atoms with E-state index in [1.54, 1.807) is 7.11 Å². The standard InChI is InChI=1S/C16H18O2/c1-13-6-5-7-14(12-13)10-11-18-16-9-4-3-8-15(16)17-2/h3-9,12H,10-11H2,1-2H3. The number of rotatable bonds is 5. The van der Waals surface area contributed by atoms with Crippen LogP contribution in [0.2, 0.25) is 0 Å². The summed E-state index contributed by atoms with van der Waals surface area (Å²) in [5, 5.41) is 0. The first-order valence-electron chi connectivity index (χ1n) is 6.11. The molecule has 0 N–H and O–H groups in total. The van der Waals surface area contributed by atoms with E-state index in [1.807, 2.05) is 24.3 Å². The zero-order chi connectivity index (χ0) is 12.8. The van der Waals surface area contributed by atoms with Gasteiger partial charge in [-0.15, -0.1) is 0 Å². The number of hydrogen-bond acceptors (Lipinski definition) is 2. The van der Waals surface area contributed by atoms with Gasteiger partial charge in [-0.25, -0.2) is 0 Å². The highest BCUT2D eigenvalue weighted by atomic mass is 16.5. The number of aryl methyl sites for hydroxylation is 1. The third-order valence-electron chi connectivity index (χ3n) is 2.80. The van der Waals surface area contributed by atoms with Crippen LogP contribution in [0.4, 0.5) is 0 Å². The van der Waals surface area contributed by atoms with Gasteiger partial charge in [0.2, 0.25) is 0 Å². The van der Waals surface area contributed by atoms with Crippen LogP contribution in [0.1, 0.15) is 11.1 Å². The zero-order valence-electron chi connectivity index (χ0n) is 10.8. The van der Waals surface area contributed by atoms with Crippen LogP contribution in [0, 0.1) is 6.92 Å². The van der Waals surface area contributed by atoms with Gasteiger partial charge in [-0.1, -0.05) is 42.0 Å². The van der Waals surface area contributed by atoms with E-state index in [4.69, 9.17) is 9.47 Å². The van der Waals surface area contributed by atoms with Crippen molar-refractivity contribution in [1.29, 1.82) is 0 Å². The van der Waals surface area contributed by atoms with Crippen molar-refractivity contribution in [3.8, 4) is 11.5 Å². The number of methoxy groups -OCH3 is 1. The Kier molecular flexibility index (Phi) is 4.24. The molecule has 0 fully saturated rings. The molecule has 0 aliphatic rings. The first-order chi connectivity index (χ1) is 8.79. The van der Waals surface area contributed by atoms with Crippen molar-refractivity contribution in [2.24, 2.45) is 0 Å². The molecule has 0 aliphatic heterocycles. The van der Waals surface area contributed by atoms with Crippen molar-refractivity contribution in [1.82, 2.24) is 0 Å². The van der Waals surface area contributed by atoms with Crippen LogP contribution in [0.25, 0.3) is 0 Å². The summed E-state index contributed by atoms with van der Waals surface area (Å²) >= 11 is 0. The number of hydrogen-bond donors (Lipinski definition) is 0. The minimum Gasteiger partial charge on any atom is -0.493 e. The fourth-order valence-electron chi connectivity index (χ4n) is 1.88. The van der Waals surface area contributed by atoms with Crippen molar-refractivity contribution in [3.05, 3.63) is 59.7 Å². The molecule has 2 rings (SSSR count). The monoisotopic (exact) mass is 242 g/mol. The van der Waals surface area contributed by atoms with Crippen molar-refractivity contribution in [3.63, 3.8) is 0 Å². The lowest BCUT2D eigenvalue weighted by Crippen LogP contribution is -2.02. The Hall–Kier alpha value is -1.96. The molecule has 0 heterocycles. The minimum atomic E-state index is 0.657. The Labute approximate surface area is 108 Å². The Morgan fingerprint density at radius 3 is 2.44 bits per heavy atom. The Morgan fingerprint density at radius 1 is 0.944 bits per heavy atom. The number of ether oxygens (including phenoxy) is 2. The molecule has 18 heavy (non-hydrogen) atoms. The zero-order valence-corrected chi connectivity index (χ0v) is 10.8. The van der Waals surface area contributed by atoms with Gasteiger partial charge in [-0.3, -0.25) is 0 Å². The molecule has 0 spiro atoms. The van der Waals surface area contributed by atoms with Gasteiger partial charge in [-0.05, 0) is 24.6 Å². The average molecular weight is 242 g/mol. The Bertz CT molecular complexity index is 506. The molecule has 0 aliphatic carbocycles. The maximum absolute atomic E-state index is 5.75. The van der Waals surface area contributed by atoms with E-state index >= 15 is 0 Å². The molecule has 0 aromatic heterocycles. The maximum atomic E-state index is 5.75. The quantitative estimate of drug-likeness (QED) is 0.797. The summed E-state index contributed by atoms with van der Waals surface area (Å²) in [6.45, 7) is 2.76. The second-order valence-corrected chi connectivity index (χ2v) is 4.24. The van der Waals surface area contributed by atoms with Gasteiger partial charge < -0.3 is 9.47 Å². The SMILES string of the molecule is COc1ccccc1OCCc1cccc(C)c1. The molecule has 94 valence electrons. The third-order valence-corrected chi connectivity index (χ3v) is 2.80. The fourth-order valence-corrected chi connectivity index (χ4v) is 1.88. The number of para-hydroxylation sites is 2. The molecular weight excluding hydrogens is 224 g/mol. The van der Waals surface area contributed by atoms with Gasteiger partial charge in [0.1, 0.15) is 0 Å². The Morgan fingerprint density at radius 2 is 1.72 bits per heavy atom. The van der Waals surface area contributed by atoms with Crippen LogP contribution in [0.5, 0.6) is 11.5 Å². The second kappa shape index (κ2) is 6.10. The van der Waals surface area contributed by atoms with E-state index in [9.17, 15) is 0 Å². The highest BCUT2D eigenvalue weighted by Gasteiger charge is 2.02. The summed E-state index contributed by atoms with van der Waals surface area (Å²) in [5.41, 5.74) is 2.58. The van der Waals surface area contributed by atoms with Crippen molar-refractivity contribution < 1.29 is 9.47 Å². The van der Waals surface area contributed by atoms with E-state index < -0.39 is 0 Å². The molecule has 2 nitrogen and oxygen atoms in total. The van der Waals surface area contributed by atoms with E-state index in [-0.39, 0.29) is 0 Å². The van der Waals surface area contributed by atoms with Crippen LogP contribution in [0.3, 0.4) is 0 Å². The van der Waals surface area contributed by atoms with Gasteiger partial charge in [0.15, 0.2) is 11.5 Å². The lowest BCUT2D eigenvalue weighted by atomic mass is 10.1. The summed E-state index contributed by atoms with van der Waals surface area (Å²) in [7, 11) is 1.66. The molecule has 0 unspecified atom stereocenters. The average Bonchev–Trinajstić information content (AvgIpc) is 2.39. The molecular formula is C16H18O2. The molecule has 0 radical (unpaired) electrons. The molecule has 2 aromatic carbocycles. The number of benzene rings is 2. The molecule has 0 atom stereocenters.